The Morgan fingerprint density at radius 3 is 2.73 bits per heavy atom. The van der Waals surface area contributed by atoms with Gasteiger partial charge in [-0.3, -0.25) is 0 Å². The largest absolute Gasteiger partial charge is 0.316 e. The van der Waals surface area contributed by atoms with Gasteiger partial charge in [-0.25, -0.2) is 0 Å². The summed E-state index contributed by atoms with van der Waals surface area (Å²) in [6, 6.07) is 5.70. The summed E-state index contributed by atoms with van der Waals surface area (Å²) in [4.78, 5) is 0. The van der Waals surface area contributed by atoms with E-state index in [0.717, 1.165) is 30.5 Å². The van der Waals surface area contributed by atoms with Crippen molar-refractivity contribution in [3.05, 3.63) is 33.8 Å². The summed E-state index contributed by atoms with van der Waals surface area (Å²) in [6.07, 6.45) is 3.77. The number of benzene rings is 1. The molecule has 0 aromatic heterocycles. The molecule has 0 bridgehead atoms. The zero-order valence-electron chi connectivity index (χ0n) is 8.60. The second-order valence-corrected chi connectivity index (χ2v) is 4.98. The van der Waals surface area contributed by atoms with Crippen LogP contribution in [0.2, 0.25) is 10.0 Å². The Bertz CT molecular complexity index is 334. The van der Waals surface area contributed by atoms with Crippen LogP contribution in [0.25, 0.3) is 0 Å². The maximum atomic E-state index is 6.07. The fraction of sp³-hybridized carbons (Fsp3) is 0.500. The van der Waals surface area contributed by atoms with Crippen LogP contribution in [0.15, 0.2) is 18.2 Å². The van der Waals surface area contributed by atoms with Crippen LogP contribution >= 0.6 is 23.2 Å². The Morgan fingerprint density at radius 1 is 1.27 bits per heavy atom. The molecule has 1 nitrogen and oxygen atoms in total. The predicted molar refractivity (Wildman–Crippen MR) is 65.8 cm³/mol. The molecule has 0 amide bonds. The van der Waals surface area contributed by atoms with E-state index < -0.39 is 0 Å². The summed E-state index contributed by atoms with van der Waals surface area (Å²) in [6.45, 7) is 2.16. The molecule has 2 rings (SSSR count). The lowest BCUT2D eigenvalue weighted by Gasteiger charge is -2.06. The molecule has 1 saturated carbocycles. The monoisotopic (exact) mass is 243 g/mol. The van der Waals surface area contributed by atoms with Crippen LogP contribution in [0.5, 0.6) is 0 Å². The minimum atomic E-state index is 0.703. The standard InChI is InChI=1S/C12H15Cl2N/c13-11-4-3-10(12(14)7-11)5-6-15-8-9-1-2-9/h3-4,7,9,15H,1-2,5-6,8H2. The van der Waals surface area contributed by atoms with Crippen LogP contribution in [0.4, 0.5) is 0 Å². The maximum absolute atomic E-state index is 6.07. The number of hydrogen-bond acceptors (Lipinski definition) is 1. The van der Waals surface area contributed by atoms with Crippen molar-refractivity contribution in [1.82, 2.24) is 5.32 Å². The molecule has 1 aliphatic carbocycles. The van der Waals surface area contributed by atoms with Gasteiger partial charge in [0.2, 0.25) is 0 Å². The van der Waals surface area contributed by atoms with Crippen molar-refractivity contribution in [2.45, 2.75) is 19.3 Å². The smallest absolute Gasteiger partial charge is 0.0453 e. The van der Waals surface area contributed by atoms with Crippen LogP contribution in [0, 0.1) is 5.92 Å². The van der Waals surface area contributed by atoms with Gasteiger partial charge in [0.05, 0.1) is 0 Å². The van der Waals surface area contributed by atoms with Crippen molar-refractivity contribution in [2.75, 3.05) is 13.1 Å². The quantitative estimate of drug-likeness (QED) is 0.781. The Morgan fingerprint density at radius 2 is 2.07 bits per heavy atom. The van der Waals surface area contributed by atoms with Crippen LogP contribution in [-0.4, -0.2) is 13.1 Å². The molecule has 1 N–H and O–H groups in total. The van der Waals surface area contributed by atoms with E-state index in [4.69, 9.17) is 23.2 Å². The highest BCUT2D eigenvalue weighted by atomic mass is 35.5. The molecule has 0 unspecified atom stereocenters. The molecule has 1 aromatic carbocycles. The molecule has 0 heterocycles. The second kappa shape index (κ2) is 5.20. The Labute approximate surface area is 101 Å². The first-order valence-corrected chi connectivity index (χ1v) is 6.16. The lowest BCUT2D eigenvalue weighted by Crippen LogP contribution is -2.19. The molecule has 0 saturated heterocycles. The molecular weight excluding hydrogens is 229 g/mol. The lowest BCUT2D eigenvalue weighted by atomic mass is 10.1. The average Bonchev–Trinajstić information content (AvgIpc) is 2.99. The fourth-order valence-electron chi connectivity index (χ4n) is 1.58. The molecule has 0 atom stereocenters. The first-order valence-electron chi connectivity index (χ1n) is 5.40. The van der Waals surface area contributed by atoms with Crippen molar-refractivity contribution in [3.8, 4) is 0 Å². The van der Waals surface area contributed by atoms with E-state index in [1.807, 2.05) is 12.1 Å². The van der Waals surface area contributed by atoms with E-state index in [0.29, 0.717) is 5.02 Å². The van der Waals surface area contributed by atoms with Crippen LogP contribution < -0.4 is 5.32 Å². The molecular formula is C12H15Cl2N. The lowest BCUT2D eigenvalue weighted by molar-refractivity contribution is 0.637. The van der Waals surface area contributed by atoms with E-state index in [9.17, 15) is 0 Å². The van der Waals surface area contributed by atoms with Crippen molar-refractivity contribution in [2.24, 2.45) is 5.92 Å². The van der Waals surface area contributed by atoms with Gasteiger partial charge in [0.1, 0.15) is 0 Å². The van der Waals surface area contributed by atoms with Gasteiger partial charge >= 0.3 is 0 Å². The SMILES string of the molecule is Clc1ccc(CCNCC2CC2)c(Cl)c1. The number of nitrogens with one attached hydrogen (secondary N) is 1. The van der Waals surface area contributed by atoms with Crippen molar-refractivity contribution in [3.63, 3.8) is 0 Å². The second-order valence-electron chi connectivity index (χ2n) is 4.13. The number of halogens is 2. The first-order chi connectivity index (χ1) is 7.25. The van der Waals surface area contributed by atoms with Gasteiger partial charge in [0.25, 0.3) is 0 Å². The highest BCUT2D eigenvalue weighted by molar-refractivity contribution is 6.35. The van der Waals surface area contributed by atoms with Gasteiger partial charge in [-0.1, -0.05) is 29.3 Å². The third-order valence-electron chi connectivity index (χ3n) is 2.72. The molecule has 1 aliphatic rings. The van der Waals surface area contributed by atoms with Gasteiger partial charge in [-0.05, 0) is 56.0 Å². The van der Waals surface area contributed by atoms with Gasteiger partial charge < -0.3 is 5.32 Å². The van der Waals surface area contributed by atoms with Crippen LogP contribution in [0.3, 0.4) is 0 Å². The van der Waals surface area contributed by atoms with E-state index in [-0.39, 0.29) is 0 Å². The Balaban J connectivity index is 1.76. The average molecular weight is 244 g/mol. The van der Waals surface area contributed by atoms with Gasteiger partial charge in [0.15, 0.2) is 0 Å². The van der Waals surface area contributed by atoms with Crippen molar-refractivity contribution >= 4 is 23.2 Å². The topological polar surface area (TPSA) is 12.0 Å². The molecule has 3 heteroatoms. The predicted octanol–water partition coefficient (Wildman–Crippen LogP) is 3.54. The molecule has 0 radical (unpaired) electrons. The summed E-state index contributed by atoms with van der Waals surface area (Å²) in [5.41, 5.74) is 1.17. The molecule has 15 heavy (non-hydrogen) atoms. The van der Waals surface area contributed by atoms with E-state index in [1.165, 1.54) is 18.4 Å². The highest BCUT2D eigenvalue weighted by Crippen LogP contribution is 2.27. The zero-order valence-corrected chi connectivity index (χ0v) is 10.1. The molecule has 1 fully saturated rings. The third kappa shape index (κ3) is 3.67. The molecule has 0 spiro atoms. The molecule has 1 aromatic rings. The number of hydrogen-bond donors (Lipinski definition) is 1. The van der Waals surface area contributed by atoms with E-state index >= 15 is 0 Å². The van der Waals surface area contributed by atoms with Gasteiger partial charge in [0, 0.05) is 10.0 Å². The Hall–Kier alpha value is -0.240. The summed E-state index contributed by atoms with van der Waals surface area (Å²) in [7, 11) is 0. The van der Waals surface area contributed by atoms with Gasteiger partial charge in [-0.15, -0.1) is 0 Å². The third-order valence-corrected chi connectivity index (χ3v) is 3.30. The zero-order chi connectivity index (χ0) is 10.7. The van der Waals surface area contributed by atoms with Gasteiger partial charge in [-0.2, -0.15) is 0 Å². The van der Waals surface area contributed by atoms with E-state index in [1.54, 1.807) is 6.07 Å². The molecule has 0 aliphatic heterocycles. The summed E-state index contributed by atoms with van der Waals surface area (Å²) in [5.74, 6) is 0.936. The highest BCUT2D eigenvalue weighted by Gasteiger charge is 2.19. The normalized spacial score (nSPS) is 15.6. The van der Waals surface area contributed by atoms with Crippen LogP contribution in [0.1, 0.15) is 18.4 Å². The molecule has 82 valence electrons. The van der Waals surface area contributed by atoms with Crippen LogP contribution in [-0.2, 0) is 6.42 Å². The summed E-state index contributed by atoms with van der Waals surface area (Å²) in [5, 5.41) is 4.92. The Kier molecular flexibility index (Phi) is 3.90. The fourth-order valence-corrected chi connectivity index (χ4v) is 2.08. The minimum absolute atomic E-state index is 0.703. The summed E-state index contributed by atoms with van der Waals surface area (Å²) >= 11 is 11.9. The minimum Gasteiger partial charge on any atom is -0.316 e. The maximum Gasteiger partial charge on any atom is 0.0453 e. The van der Waals surface area contributed by atoms with Crippen molar-refractivity contribution in [1.29, 1.82) is 0 Å². The van der Waals surface area contributed by atoms with E-state index in [2.05, 4.69) is 5.32 Å². The summed E-state index contributed by atoms with van der Waals surface area (Å²) < 4.78 is 0. The number of rotatable bonds is 5. The first kappa shape index (κ1) is 11.3. The van der Waals surface area contributed by atoms with Crippen molar-refractivity contribution < 1.29 is 0 Å².